The number of rotatable bonds is 6. The molecule has 0 spiro atoms. The van der Waals surface area contributed by atoms with Crippen LogP contribution < -0.4 is 10.1 Å². The molecule has 2 amide bonds. The third-order valence-electron chi connectivity index (χ3n) is 4.57. The zero-order valence-electron chi connectivity index (χ0n) is 15.9. The number of β-lactam (4-membered cyclic amide) rings is 1. The molecule has 12 heteroatoms. The van der Waals surface area contributed by atoms with Gasteiger partial charge in [-0.25, -0.2) is 4.79 Å². The zero-order chi connectivity index (χ0) is 22.3. The number of thioether (sulfide) groups is 1. The third-order valence-corrected chi connectivity index (χ3v) is 6.52. The van der Waals surface area contributed by atoms with E-state index < -0.39 is 56.7 Å². The van der Waals surface area contributed by atoms with Gasteiger partial charge in [-0.15, -0.1) is 11.8 Å². The van der Waals surface area contributed by atoms with Gasteiger partial charge in [0, 0.05) is 4.75 Å². The van der Waals surface area contributed by atoms with E-state index in [2.05, 4.69) is 5.32 Å². The Bertz CT molecular complexity index is 850. The van der Waals surface area contributed by atoms with Gasteiger partial charge in [0.1, 0.15) is 23.8 Å². The predicted octanol–water partition coefficient (Wildman–Crippen LogP) is 1.85. The van der Waals surface area contributed by atoms with E-state index >= 15 is 0 Å². The largest absolute Gasteiger partial charge is 0.484 e. The average Bonchev–Trinajstić information content (AvgIpc) is 2.94. The minimum atomic E-state index is -2.16. The van der Waals surface area contributed by atoms with Crippen LogP contribution in [0.5, 0.6) is 5.75 Å². The summed E-state index contributed by atoms with van der Waals surface area (Å²) in [5.41, 5.74) is -2.16. The Kier molecular flexibility index (Phi) is 6.42. The van der Waals surface area contributed by atoms with E-state index in [4.69, 9.17) is 44.3 Å². The van der Waals surface area contributed by atoms with Gasteiger partial charge in [-0.05, 0) is 26.0 Å². The minimum Gasteiger partial charge on any atom is -0.484 e. The van der Waals surface area contributed by atoms with Crippen LogP contribution in [0.4, 0.5) is 0 Å². The van der Waals surface area contributed by atoms with E-state index in [1.54, 1.807) is 44.2 Å². The maximum atomic E-state index is 12.7. The standard InChI is InChI=1S/C18H19Cl3N2O6S/c1-16(2)12(13(25)29-9-17(19,20)21)23-14(26)18(27,15(23)30-16)22-11(24)8-28-10-6-4-3-5-7-10/h3-7,12,15,27H,8-9H2,1-2H3,(H,22,24)/t12-,15+,18?/m0/s1. The summed E-state index contributed by atoms with van der Waals surface area (Å²) in [5.74, 6) is -1.81. The van der Waals surface area contributed by atoms with Crippen LogP contribution >= 0.6 is 46.6 Å². The Morgan fingerprint density at radius 3 is 2.50 bits per heavy atom. The molecule has 3 rings (SSSR count). The monoisotopic (exact) mass is 496 g/mol. The van der Waals surface area contributed by atoms with Crippen molar-refractivity contribution < 1.29 is 29.0 Å². The number of amides is 2. The number of esters is 1. The van der Waals surface area contributed by atoms with Crippen molar-refractivity contribution in [3.05, 3.63) is 30.3 Å². The van der Waals surface area contributed by atoms with Gasteiger partial charge in [0.2, 0.25) is 9.52 Å². The normalized spacial score (nSPS) is 27.1. The number of hydrogen-bond donors (Lipinski definition) is 2. The second-order valence-corrected chi connectivity index (χ2v) is 11.6. The molecule has 1 unspecified atom stereocenters. The molecular weight excluding hydrogens is 479 g/mol. The van der Waals surface area contributed by atoms with E-state index in [-0.39, 0.29) is 0 Å². The van der Waals surface area contributed by atoms with Gasteiger partial charge in [0.25, 0.3) is 11.8 Å². The molecule has 8 nitrogen and oxygen atoms in total. The molecule has 0 aromatic heterocycles. The summed E-state index contributed by atoms with van der Waals surface area (Å²) in [6.45, 7) is 2.55. The quantitative estimate of drug-likeness (QED) is 0.267. The molecule has 2 aliphatic rings. The molecule has 164 valence electrons. The summed E-state index contributed by atoms with van der Waals surface area (Å²) < 4.78 is 7.75. The highest BCUT2D eigenvalue weighted by atomic mass is 35.6. The second kappa shape index (κ2) is 8.27. The molecule has 2 heterocycles. The van der Waals surface area contributed by atoms with Crippen LogP contribution in [-0.2, 0) is 19.1 Å². The fraction of sp³-hybridized carbons (Fsp3) is 0.500. The van der Waals surface area contributed by atoms with E-state index in [1.165, 1.54) is 4.90 Å². The summed E-state index contributed by atoms with van der Waals surface area (Å²) >= 11 is 18.0. The Hall–Kier alpha value is -1.39. The van der Waals surface area contributed by atoms with Gasteiger partial charge in [0.15, 0.2) is 6.61 Å². The number of hydrogen-bond acceptors (Lipinski definition) is 7. The number of carbonyl (C=O) groups is 3. The number of nitrogens with zero attached hydrogens (tertiary/aromatic N) is 1. The number of benzene rings is 1. The highest BCUT2D eigenvalue weighted by Gasteiger charge is 2.72. The highest BCUT2D eigenvalue weighted by molar-refractivity contribution is 8.01. The molecule has 1 aromatic rings. The number of halogens is 3. The van der Waals surface area contributed by atoms with Crippen molar-refractivity contribution in [2.75, 3.05) is 13.2 Å². The molecule has 1 aromatic carbocycles. The third kappa shape index (κ3) is 4.60. The van der Waals surface area contributed by atoms with Crippen LogP contribution in [0.2, 0.25) is 0 Å². The van der Waals surface area contributed by atoms with Crippen molar-refractivity contribution in [1.29, 1.82) is 0 Å². The smallest absolute Gasteiger partial charge is 0.330 e. The van der Waals surface area contributed by atoms with Crippen molar-refractivity contribution >= 4 is 64.3 Å². The first-order valence-corrected chi connectivity index (χ1v) is 10.8. The SMILES string of the molecule is CC1(C)S[C@H]2N(C(=O)C2(O)NC(=O)COc2ccccc2)[C@H]1C(=O)OCC(Cl)(Cl)Cl. The second-order valence-electron chi connectivity index (χ2n) is 7.33. The lowest BCUT2D eigenvalue weighted by Crippen LogP contribution is -2.80. The van der Waals surface area contributed by atoms with E-state index in [1.807, 2.05) is 0 Å². The van der Waals surface area contributed by atoms with E-state index in [0.29, 0.717) is 5.75 Å². The lowest BCUT2D eigenvalue weighted by atomic mass is 9.93. The molecule has 3 atom stereocenters. The summed E-state index contributed by atoms with van der Waals surface area (Å²) in [7, 11) is 0. The molecular formula is C18H19Cl3N2O6S. The predicted molar refractivity (Wildman–Crippen MR) is 112 cm³/mol. The van der Waals surface area contributed by atoms with Gasteiger partial charge in [-0.1, -0.05) is 53.0 Å². The molecule has 30 heavy (non-hydrogen) atoms. The number of nitrogens with one attached hydrogen (secondary N) is 1. The highest BCUT2D eigenvalue weighted by Crippen LogP contribution is 2.54. The van der Waals surface area contributed by atoms with Crippen LogP contribution in [-0.4, -0.2) is 66.7 Å². The van der Waals surface area contributed by atoms with Crippen molar-refractivity contribution in [3.63, 3.8) is 0 Å². The molecule has 2 fully saturated rings. The van der Waals surface area contributed by atoms with Crippen molar-refractivity contribution in [2.45, 2.75) is 39.5 Å². The Morgan fingerprint density at radius 1 is 1.27 bits per heavy atom. The number of fused-ring (bicyclic) bond motifs is 1. The number of ether oxygens (including phenoxy) is 2. The summed E-state index contributed by atoms with van der Waals surface area (Å²) in [6, 6.07) is 7.60. The maximum Gasteiger partial charge on any atom is 0.330 e. The number of alkyl halides is 3. The first-order valence-electron chi connectivity index (χ1n) is 8.80. The van der Waals surface area contributed by atoms with Crippen molar-refractivity contribution in [1.82, 2.24) is 10.2 Å². The van der Waals surface area contributed by atoms with Crippen molar-refractivity contribution in [2.24, 2.45) is 0 Å². The first-order chi connectivity index (χ1) is 13.8. The maximum absolute atomic E-state index is 12.7. The van der Waals surface area contributed by atoms with E-state index in [9.17, 15) is 19.5 Å². The molecule has 0 bridgehead atoms. The minimum absolute atomic E-state index is 0.394. The lowest BCUT2D eigenvalue weighted by molar-refractivity contribution is -0.196. The topological polar surface area (TPSA) is 105 Å². The molecule has 0 radical (unpaired) electrons. The molecule has 0 aliphatic carbocycles. The van der Waals surface area contributed by atoms with Crippen LogP contribution in [0.15, 0.2) is 30.3 Å². The molecule has 2 aliphatic heterocycles. The van der Waals surface area contributed by atoms with Gasteiger partial charge in [-0.3, -0.25) is 9.59 Å². The fourth-order valence-corrected chi connectivity index (χ4v) is 5.02. The van der Waals surface area contributed by atoms with Crippen LogP contribution in [0.1, 0.15) is 13.8 Å². The van der Waals surface area contributed by atoms with E-state index in [0.717, 1.165) is 11.8 Å². The Balaban J connectivity index is 1.65. The number of carbonyl (C=O) groups excluding carboxylic acids is 3. The van der Waals surface area contributed by atoms with Gasteiger partial charge in [0.05, 0.1) is 0 Å². The summed E-state index contributed by atoms with van der Waals surface area (Å²) in [4.78, 5) is 38.6. The molecule has 0 saturated carbocycles. The lowest BCUT2D eigenvalue weighted by Gasteiger charge is -2.49. The van der Waals surface area contributed by atoms with Gasteiger partial charge < -0.3 is 24.8 Å². The Morgan fingerprint density at radius 2 is 1.90 bits per heavy atom. The Labute approximate surface area is 192 Å². The number of aliphatic hydroxyl groups is 1. The zero-order valence-corrected chi connectivity index (χ0v) is 19.0. The van der Waals surface area contributed by atoms with Gasteiger partial charge >= 0.3 is 5.97 Å². The van der Waals surface area contributed by atoms with Crippen LogP contribution in [0.3, 0.4) is 0 Å². The fourth-order valence-electron chi connectivity index (χ4n) is 3.28. The molecule has 2 N–H and O–H groups in total. The number of para-hydroxylation sites is 1. The van der Waals surface area contributed by atoms with Crippen LogP contribution in [0, 0.1) is 0 Å². The van der Waals surface area contributed by atoms with Crippen LogP contribution in [0.25, 0.3) is 0 Å². The van der Waals surface area contributed by atoms with Crippen molar-refractivity contribution in [3.8, 4) is 5.75 Å². The van der Waals surface area contributed by atoms with Gasteiger partial charge in [-0.2, -0.15) is 0 Å². The first kappa shape index (κ1) is 23.3. The molecule has 2 saturated heterocycles. The summed E-state index contributed by atoms with van der Waals surface area (Å²) in [6.07, 6.45) is 0. The average molecular weight is 498 g/mol. The summed E-state index contributed by atoms with van der Waals surface area (Å²) in [5, 5.41) is 12.2.